The van der Waals surface area contributed by atoms with E-state index in [2.05, 4.69) is 14.8 Å². The van der Waals surface area contributed by atoms with Gasteiger partial charge in [-0.05, 0) is 75.7 Å². The van der Waals surface area contributed by atoms with Gasteiger partial charge in [-0.25, -0.2) is 4.98 Å². The molecular formula is C25H34N4O2. The van der Waals surface area contributed by atoms with Gasteiger partial charge in [0.15, 0.2) is 0 Å². The largest absolute Gasteiger partial charge is 0.494 e. The lowest BCUT2D eigenvalue weighted by Gasteiger charge is -2.35. The molecule has 0 spiro atoms. The highest BCUT2D eigenvalue weighted by Gasteiger charge is 2.23. The number of aromatic nitrogens is 1. The monoisotopic (exact) mass is 422 g/mol. The number of hydrogen-bond acceptors (Lipinski definition) is 5. The zero-order chi connectivity index (χ0) is 21.5. The molecule has 0 radical (unpaired) electrons. The van der Waals surface area contributed by atoms with E-state index in [1.807, 2.05) is 54.3 Å². The van der Waals surface area contributed by atoms with E-state index < -0.39 is 0 Å². The summed E-state index contributed by atoms with van der Waals surface area (Å²) >= 11 is 0. The molecule has 31 heavy (non-hydrogen) atoms. The molecule has 0 aliphatic carbocycles. The number of nitrogens with zero attached hydrogens (tertiary/aromatic N) is 4. The summed E-state index contributed by atoms with van der Waals surface area (Å²) < 4.78 is 5.88. The van der Waals surface area contributed by atoms with Crippen molar-refractivity contribution < 1.29 is 9.53 Å². The van der Waals surface area contributed by atoms with Crippen LogP contribution in [0.1, 0.15) is 41.7 Å². The molecule has 166 valence electrons. The lowest BCUT2D eigenvalue weighted by atomic mass is 10.1. The van der Waals surface area contributed by atoms with Gasteiger partial charge in [0.25, 0.3) is 5.91 Å². The van der Waals surface area contributed by atoms with Crippen LogP contribution in [0.25, 0.3) is 0 Å². The molecule has 0 unspecified atom stereocenters. The number of anilines is 1. The molecule has 0 atom stereocenters. The van der Waals surface area contributed by atoms with E-state index in [0.717, 1.165) is 55.5 Å². The van der Waals surface area contributed by atoms with Gasteiger partial charge in [-0.3, -0.25) is 4.79 Å². The Labute approximate surface area is 185 Å². The average molecular weight is 423 g/mol. The quantitative estimate of drug-likeness (QED) is 0.638. The van der Waals surface area contributed by atoms with Crippen molar-refractivity contribution >= 4 is 11.7 Å². The van der Waals surface area contributed by atoms with Gasteiger partial charge < -0.3 is 19.4 Å². The molecule has 0 N–H and O–H groups in total. The number of ether oxygens (including phenoxy) is 1. The standard InChI is InChI=1S/C25H34N4O2/c1-21-7-5-8-24(26-21)28-16-18-29(19-17-28)25(30)22-9-11-23(12-10-22)31-20-6-15-27-13-3-2-4-14-27/h5,7-12H,2-4,6,13-20H2,1H3. The maximum Gasteiger partial charge on any atom is 0.253 e. The number of carbonyl (C=O) groups excluding carboxylic acids is 1. The van der Waals surface area contributed by atoms with Gasteiger partial charge in [0, 0.05) is 44.0 Å². The predicted molar refractivity (Wildman–Crippen MR) is 124 cm³/mol. The Kier molecular flexibility index (Phi) is 7.41. The van der Waals surface area contributed by atoms with Gasteiger partial charge in [-0.2, -0.15) is 0 Å². The first-order valence-electron chi connectivity index (χ1n) is 11.6. The molecule has 6 nitrogen and oxygen atoms in total. The number of rotatable bonds is 7. The molecular weight excluding hydrogens is 388 g/mol. The normalized spacial score (nSPS) is 17.6. The molecule has 2 saturated heterocycles. The number of piperidine rings is 1. The van der Waals surface area contributed by atoms with Gasteiger partial charge in [0.05, 0.1) is 6.61 Å². The summed E-state index contributed by atoms with van der Waals surface area (Å²) in [4.78, 5) is 24.2. The van der Waals surface area contributed by atoms with Crippen molar-refractivity contribution in [3.8, 4) is 5.75 Å². The second-order valence-electron chi connectivity index (χ2n) is 8.55. The van der Waals surface area contributed by atoms with Crippen LogP contribution in [0.2, 0.25) is 0 Å². The second kappa shape index (κ2) is 10.6. The number of pyridine rings is 1. The third-order valence-electron chi connectivity index (χ3n) is 6.20. The Hall–Kier alpha value is -2.60. The van der Waals surface area contributed by atoms with E-state index in [1.165, 1.54) is 32.4 Å². The topological polar surface area (TPSA) is 48.9 Å². The Morgan fingerprint density at radius 2 is 1.68 bits per heavy atom. The van der Waals surface area contributed by atoms with Crippen LogP contribution >= 0.6 is 0 Å². The molecule has 2 fully saturated rings. The Morgan fingerprint density at radius 3 is 2.39 bits per heavy atom. The van der Waals surface area contributed by atoms with Crippen LogP contribution in [0.3, 0.4) is 0 Å². The van der Waals surface area contributed by atoms with E-state index >= 15 is 0 Å². The van der Waals surface area contributed by atoms with E-state index in [0.29, 0.717) is 13.1 Å². The highest BCUT2D eigenvalue weighted by Crippen LogP contribution is 2.18. The van der Waals surface area contributed by atoms with Crippen LogP contribution in [-0.4, -0.2) is 73.1 Å². The maximum atomic E-state index is 12.9. The zero-order valence-corrected chi connectivity index (χ0v) is 18.6. The molecule has 2 aliphatic rings. The molecule has 1 aromatic heterocycles. The summed E-state index contributed by atoms with van der Waals surface area (Å²) in [5.74, 6) is 1.92. The first-order chi connectivity index (χ1) is 15.2. The number of amides is 1. The molecule has 0 bridgehead atoms. The molecule has 3 heterocycles. The number of likely N-dealkylation sites (tertiary alicyclic amines) is 1. The smallest absolute Gasteiger partial charge is 0.253 e. The Balaban J connectivity index is 1.21. The van der Waals surface area contributed by atoms with Crippen molar-refractivity contribution in [3.05, 3.63) is 53.7 Å². The molecule has 4 rings (SSSR count). The van der Waals surface area contributed by atoms with Crippen LogP contribution in [-0.2, 0) is 0 Å². The molecule has 6 heteroatoms. The van der Waals surface area contributed by atoms with Gasteiger partial charge >= 0.3 is 0 Å². The molecule has 0 saturated carbocycles. The van der Waals surface area contributed by atoms with Crippen LogP contribution in [0, 0.1) is 6.92 Å². The number of aryl methyl sites for hydroxylation is 1. The summed E-state index contributed by atoms with van der Waals surface area (Å²) in [6.07, 6.45) is 5.07. The SMILES string of the molecule is Cc1cccc(N2CCN(C(=O)c3ccc(OCCCN4CCCCC4)cc3)CC2)n1. The molecule has 1 aromatic carbocycles. The van der Waals surface area contributed by atoms with E-state index in [4.69, 9.17) is 4.74 Å². The number of benzene rings is 1. The van der Waals surface area contributed by atoms with Gasteiger partial charge in [-0.1, -0.05) is 12.5 Å². The van der Waals surface area contributed by atoms with Crippen LogP contribution in [0.5, 0.6) is 5.75 Å². The number of piperazine rings is 1. The number of carbonyl (C=O) groups is 1. The minimum atomic E-state index is 0.0912. The van der Waals surface area contributed by atoms with Crippen LogP contribution in [0.15, 0.2) is 42.5 Å². The fraction of sp³-hybridized carbons (Fsp3) is 0.520. The molecule has 1 amide bonds. The molecule has 2 aromatic rings. The lowest BCUT2D eigenvalue weighted by Crippen LogP contribution is -2.49. The Morgan fingerprint density at radius 1 is 0.935 bits per heavy atom. The third kappa shape index (κ3) is 5.97. The predicted octanol–water partition coefficient (Wildman–Crippen LogP) is 3.61. The van der Waals surface area contributed by atoms with Crippen molar-refractivity contribution in [1.29, 1.82) is 0 Å². The van der Waals surface area contributed by atoms with Gasteiger partial charge in [-0.15, -0.1) is 0 Å². The van der Waals surface area contributed by atoms with E-state index in [-0.39, 0.29) is 5.91 Å². The minimum Gasteiger partial charge on any atom is -0.494 e. The van der Waals surface area contributed by atoms with Crippen molar-refractivity contribution in [2.45, 2.75) is 32.6 Å². The highest BCUT2D eigenvalue weighted by atomic mass is 16.5. The van der Waals surface area contributed by atoms with E-state index in [1.54, 1.807) is 0 Å². The third-order valence-corrected chi connectivity index (χ3v) is 6.20. The van der Waals surface area contributed by atoms with Crippen molar-refractivity contribution in [2.24, 2.45) is 0 Å². The molecule has 2 aliphatic heterocycles. The first-order valence-corrected chi connectivity index (χ1v) is 11.6. The fourth-order valence-electron chi connectivity index (χ4n) is 4.38. The first kappa shape index (κ1) is 21.6. The van der Waals surface area contributed by atoms with E-state index in [9.17, 15) is 4.79 Å². The summed E-state index contributed by atoms with van der Waals surface area (Å²) in [5, 5.41) is 0. The zero-order valence-electron chi connectivity index (χ0n) is 18.6. The van der Waals surface area contributed by atoms with Gasteiger partial charge in [0.2, 0.25) is 0 Å². The maximum absolute atomic E-state index is 12.9. The summed E-state index contributed by atoms with van der Waals surface area (Å²) in [6.45, 7) is 9.33. The van der Waals surface area contributed by atoms with Crippen molar-refractivity contribution in [3.63, 3.8) is 0 Å². The fourth-order valence-corrected chi connectivity index (χ4v) is 4.38. The second-order valence-corrected chi connectivity index (χ2v) is 8.55. The minimum absolute atomic E-state index is 0.0912. The summed E-state index contributed by atoms with van der Waals surface area (Å²) in [7, 11) is 0. The highest BCUT2D eigenvalue weighted by molar-refractivity contribution is 5.94. The summed E-state index contributed by atoms with van der Waals surface area (Å²) in [5.41, 5.74) is 1.74. The van der Waals surface area contributed by atoms with Crippen molar-refractivity contribution in [1.82, 2.24) is 14.8 Å². The summed E-state index contributed by atoms with van der Waals surface area (Å²) in [6, 6.07) is 13.7. The number of hydrogen-bond donors (Lipinski definition) is 0. The average Bonchev–Trinajstić information content (AvgIpc) is 2.83. The van der Waals surface area contributed by atoms with Gasteiger partial charge in [0.1, 0.15) is 11.6 Å². The van der Waals surface area contributed by atoms with Crippen LogP contribution < -0.4 is 9.64 Å². The lowest BCUT2D eigenvalue weighted by molar-refractivity contribution is 0.0746. The van der Waals surface area contributed by atoms with Crippen LogP contribution in [0.4, 0.5) is 5.82 Å². The van der Waals surface area contributed by atoms with Crippen molar-refractivity contribution in [2.75, 3.05) is 57.3 Å². The Bertz CT molecular complexity index is 841.